The van der Waals surface area contributed by atoms with E-state index in [2.05, 4.69) is 11.0 Å². The van der Waals surface area contributed by atoms with E-state index in [1.54, 1.807) is 23.1 Å². The Morgan fingerprint density at radius 1 is 1.04 bits per heavy atom. The second-order valence-corrected chi connectivity index (χ2v) is 6.43. The van der Waals surface area contributed by atoms with Crippen LogP contribution >= 0.6 is 11.6 Å². The number of hydrogen-bond acceptors (Lipinski definition) is 2. The lowest BCUT2D eigenvalue weighted by atomic mass is 10.1. The molecule has 1 amide bonds. The van der Waals surface area contributed by atoms with Crippen LogP contribution in [0.4, 0.5) is 4.39 Å². The van der Waals surface area contributed by atoms with Crippen LogP contribution in [0.3, 0.4) is 0 Å². The summed E-state index contributed by atoms with van der Waals surface area (Å²) in [5.41, 5.74) is 1.37. The normalized spacial score (nSPS) is 15.5. The molecule has 3 rings (SSSR count). The average molecular weight is 347 g/mol. The van der Waals surface area contributed by atoms with E-state index in [9.17, 15) is 9.18 Å². The third-order valence-electron chi connectivity index (χ3n) is 4.37. The van der Waals surface area contributed by atoms with Gasteiger partial charge in [-0.05, 0) is 36.2 Å². The van der Waals surface area contributed by atoms with Gasteiger partial charge in [0.2, 0.25) is 0 Å². The van der Waals surface area contributed by atoms with Gasteiger partial charge in [-0.1, -0.05) is 35.9 Å². The standard InChI is InChI=1S/C19H20ClFN2O/c20-16-5-3-4-15(14-16)8-9-22-10-12-23(13-11-22)19(24)17-6-1-2-7-18(17)21/h1-7,14H,8-13H2. The maximum absolute atomic E-state index is 13.7. The Kier molecular flexibility index (Phi) is 5.48. The largest absolute Gasteiger partial charge is 0.336 e. The van der Waals surface area contributed by atoms with Crippen molar-refractivity contribution in [2.24, 2.45) is 0 Å². The minimum atomic E-state index is -0.453. The Bertz CT molecular complexity index is 714. The van der Waals surface area contributed by atoms with Crippen molar-refractivity contribution in [1.82, 2.24) is 9.80 Å². The van der Waals surface area contributed by atoms with Crippen molar-refractivity contribution in [2.75, 3.05) is 32.7 Å². The molecule has 0 saturated carbocycles. The van der Waals surface area contributed by atoms with Gasteiger partial charge in [-0.2, -0.15) is 0 Å². The lowest BCUT2D eigenvalue weighted by Gasteiger charge is -2.34. The molecule has 0 bridgehead atoms. The van der Waals surface area contributed by atoms with Crippen molar-refractivity contribution >= 4 is 17.5 Å². The summed E-state index contributed by atoms with van der Waals surface area (Å²) in [6, 6.07) is 14.1. The zero-order valence-corrected chi connectivity index (χ0v) is 14.2. The summed E-state index contributed by atoms with van der Waals surface area (Å²) in [6.45, 7) is 3.80. The van der Waals surface area contributed by atoms with Gasteiger partial charge in [-0.3, -0.25) is 9.69 Å². The van der Waals surface area contributed by atoms with Crippen LogP contribution in [0.1, 0.15) is 15.9 Å². The fourth-order valence-corrected chi connectivity index (χ4v) is 3.17. The van der Waals surface area contributed by atoms with Crippen LogP contribution in [0.15, 0.2) is 48.5 Å². The Balaban J connectivity index is 1.51. The second kappa shape index (κ2) is 7.77. The molecule has 126 valence electrons. The second-order valence-electron chi connectivity index (χ2n) is 5.99. The maximum Gasteiger partial charge on any atom is 0.256 e. The first-order valence-corrected chi connectivity index (χ1v) is 8.52. The molecule has 0 atom stereocenters. The number of carbonyl (C=O) groups excluding carboxylic acids is 1. The van der Waals surface area contributed by atoms with Crippen LogP contribution in [0, 0.1) is 5.82 Å². The molecule has 0 aromatic heterocycles. The van der Waals surface area contributed by atoms with E-state index in [0.717, 1.165) is 31.1 Å². The molecule has 3 nitrogen and oxygen atoms in total. The monoisotopic (exact) mass is 346 g/mol. The summed E-state index contributed by atoms with van der Waals surface area (Å²) >= 11 is 6.00. The van der Waals surface area contributed by atoms with Gasteiger partial charge in [-0.25, -0.2) is 4.39 Å². The Morgan fingerprint density at radius 2 is 1.79 bits per heavy atom. The number of hydrogen-bond donors (Lipinski definition) is 0. The van der Waals surface area contributed by atoms with E-state index in [1.807, 2.05) is 18.2 Å². The molecule has 24 heavy (non-hydrogen) atoms. The Labute approximate surface area is 146 Å². The predicted octanol–water partition coefficient (Wildman–Crippen LogP) is 3.48. The lowest BCUT2D eigenvalue weighted by Crippen LogP contribution is -2.49. The molecule has 2 aromatic carbocycles. The third-order valence-corrected chi connectivity index (χ3v) is 4.60. The predicted molar refractivity (Wildman–Crippen MR) is 93.9 cm³/mol. The average Bonchev–Trinajstić information content (AvgIpc) is 2.60. The van der Waals surface area contributed by atoms with Gasteiger partial charge in [0.05, 0.1) is 5.56 Å². The number of piperazine rings is 1. The summed E-state index contributed by atoms with van der Waals surface area (Å²) in [6.07, 6.45) is 0.932. The van der Waals surface area contributed by atoms with E-state index in [1.165, 1.54) is 11.6 Å². The third kappa shape index (κ3) is 4.13. The molecular formula is C19H20ClFN2O. The summed E-state index contributed by atoms with van der Waals surface area (Å²) < 4.78 is 13.7. The van der Waals surface area contributed by atoms with Crippen LogP contribution in [0.5, 0.6) is 0 Å². The molecule has 0 N–H and O–H groups in total. The van der Waals surface area contributed by atoms with Gasteiger partial charge >= 0.3 is 0 Å². The van der Waals surface area contributed by atoms with Gasteiger partial charge in [0, 0.05) is 37.7 Å². The highest BCUT2D eigenvalue weighted by atomic mass is 35.5. The van der Waals surface area contributed by atoms with Gasteiger partial charge in [0.1, 0.15) is 5.82 Å². The number of halogens is 2. The first-order valence-electron chi connectivity index (χ1n) is 8.14. The molecule has 0 spiro atoms. The first-order chi connectivity index (χ1) is 11.6. The SMILES string of the molecule is O=C(c1ccccc1F)N1CCN(CCc2cccc(Cl)c2)CC1. The molecule has 1 heterocycles. The molecule has 5 heteroatoms. The van der Waals surface area contributed by atoms with Crippen LogP contribution < -0.4 is 0 Å². The molecule has 1 fully saturated rings. The van der Waals surface area contributed by atoms with Crippen LogP contribution in [0.25, 0.3) is 0 Å². The summed E-state index contributed by atoms with van der Waals surface area (Å²) in [7, 11) is 0. The number of amides is 1. The molecule has 1 aliphatic heterocycles. The minimum absolute atomic E-state index is 0.157. The van der Waals surface area contributed by atoms with E-state index in [-0.39, 0.29) is 11.5 Å². The number of benzene rings is 2. The van der Waals surface area contributed by atoms with Crippen molar-refractivity contribution < 1.29 is 9.18 Å². The molecule has 0 aliphatic carbocycles. The van der Waals surface area contributed by atoms with Crippen molar-refractivity contribution in [2.45, 2.75) is 6.42 Å². The number of nitrogens with zero attached hydrogens (tertiary/aromatic N) is 2. The highest BCUT2D eigenvalue weighted by Gasteiger charge is 2.23. The molecular weight excluding hydrogens is 327 g/mol. The topological polar surface area (TPSA) is 23.6 Å². The number of rotatable bonds is 4. The van der Waals surface area contributed by atoms with E-state index >= 15 is 0 Å². The molecule has 2 aromatic rings. The van der Waals surface area contributed by atoms with Gasteiger partial charge in [0.15, 0.2) is 0 Å². The van der Waals surface area contributed by atoms with Crippen LogP contribution in [0.2, 0.25) is 5.02 Å². The zero-order chi connectivity index (χ0) is 16.9. The highest BCUT2D eigenvalue weighted by Crippen LogP contribution is 2.14. The molecule has 1 saturated heterocycles. The van der Waals surface area contributed by atoms with Gasteiger partial charge in [-0.15, -0.1) is 0 Å². The maximum atomic E-state index is 13.7. The lowest BCUT2D eigenvalue weighted by molar-refractivity contribution is 0.0634. The fraction of sp³-hybridized carbons (Fsp3) is 0.316. The van der Waals surface area contributed by atoms with Gasteiger partial charge in [0.25, 0.3) is 5.91 Å². The van der Waals surface area contributed by atoms with Crippen LogP contribution in [-0.2, 0) is 6.42 Å². The smallest absolute Gasteiger partial charge is 0.256 e. The summed E-state index contributed by atoms with van der Waals surface area (Å²) in [5, 5.41) is 0.757. The highest BCUT2D eigenvalue weighted by molar-refractivity contribution is 6.30. The Hall–Kier alpha value is -1.91. The molecule has 0 unspecified atom stereocenters. The zero-order valence-electron chi connectivity index (χ0n) is 13.4. The quantitative estimate of drug-likeness (QED) is 0.846. The van der Waals surface area contributed by atoms with Crippen molar-refractivity contribution in [3.8, 4) is 0 Å². The van der Waals surface area contributed by atoms with Crippen LogP contribution in [-0.4, -0.2) is 48.4 Å². The van der Waals surface area contributed by atoms with E-state index in [4.69, 9.17) is 11.6 Å². The van der Waals surface area contributed by atoms with Crippen molar-refractivity contribution in [3.63, 3.8) is 0 Å². The summed E-state index contributed by atoms with van der Waals surface area (Å²) in [4.78, 5) is 16.5. The van der Waals surface area contributed by atoms with Gasteiger partial charge < -0.3 is 4.90 Å². The fourth-order valence-electron chi connectivity index (χ4n) is 2.96. The Morgan fingerprint density at radius 3 is 2.50 bits per heavy atom. The van der Waals surface area contributed by atoms with Crippen molar-refractivity contribution in [1.29, 1.82) is 0 Å². The number of carbonyl (C=O) groups is 1. The van der Waals surface area contributed by atoms with E-state index < -0.39 is 5.82 Å². The molecule has 0 radical (unpaired) electrons. The molecule has 1 aliphatic rings. The summed E-state index contributed by atoms with van der Waals surface area (Å²) in [5.74, 6) is -0.673. The van der Waals surface area contributed by atoms with Crippen molar-refractivity contribution in [3.05, 3.63) is 70.5 Å². The minimum Gasteiger partial charge on any atom is -0.336 e. The first kappa shape index (κ1) is 16.9. The van der Waals surface area contributed by atoms with E-state index in [0.29, 0.717) is 13.1 Å².